The normalized spacial score (nSPS) is 29.6. The van der Waals surface area contributed by atoms with Gasteiger partial charge in [-0.2, -0.15) is 0 Å². The van der Waals surface area contributed by atoms with Crippen molar-refractivity contribution in [2.24, 2.45) is 0 Å². The Kier molecular flexibility index (Phi) is 15.5. The number of hydrogen-bond donors (Lipinski definition) is 0. The van der Waals surface area contributed by atoms with Crippen LogP contribution >= 0.6 is 11.8 Å². The molecule has 8 rings (SSSR count). The minimum atomic E-state index is -1.56. The fourth-order valence-corrected chi connectivity index (χ4v) is 9.05. The van der Waals surface area contributed by atoms with E-state index < -0.39 is 91.0 Å². The topological polar surface area (TPSA) is 178 Å². The highest BCUT2D eigenvalue weighted by atomic mass is 32.2. The minimum absolute atomic E-state index is 0.0495. The molecule has 65 heavy (non-hydrogen) atoms. The Bertz CT molecular complexity index is 2230. The molecule has 4 saturated heterocycles. The van der Waals surface area contributed by atoms with Gasteiger partial charge in [0.05, 0.1) is 31.6 Å². The van der Waals surface area contributed by atoms with Crippen molar-refractivity contribution >= 4 is 41.2 Å². The van der Waals surface area contributed by atoms with Crippen LogP contribution in [0.4, 0.5) is 0 Å². The molecule has 4 aromatic rings. The molecule has 0 aromatic heterocycles. The van der Waals surface area contributed by atoms with Crippen LogP contribution in [0.1, 0.15) is 73.6 Å². The number of ketones is 2. The van der Waals surface area contributed by atoms with Crippen LogP contribution < -0.4 is 0 Å². The van der Waals surface area contributed by atoms with Crippen LogP contribution in [0.25, 0.3) is 0 Å². The van der Waals surface area contributed by atoms with E-state index >= 15 is 0 Å². The van der Waals surface area contributed by atoms with Crippen molar-refractivity contribution in [1.82, 2.24) is 0 Å². The first kappa shape index (κ1) is 46.2. The summed E-state index contributed by atoms with van der Waals surface area (Å²) in [7, 11) is 0. The van der Waals surface area contributed by atoms with Gasteiger partial charge in [0.25, 0.3) is 0 Å². The van der Waals surface area contributed by atoms with E-state index in [9.17, 15) is 24.0 Å². The third-order valence-electron chi connectivity index (χ3n) is 11.1. The van der Waals surface area contributed by atoms with Crippen LogP contribution in [-0.2, 0) is 66.5 Å². The second-order valence-electron chi connectivity index (χ2n) is 16.0. The van der Waals surface area contributed by atoms with Crippen molar-refractivity contribution in [3.8, 4) is 0 Å². The molecule has 0 N–H and O–H groups in total. The average Bonchev–Trinajstić information content (AvgIpc) is 3.33. The maximum Gasteiger partial charge on any atom is 0.338 e. The van der Waals surface area contributed by atoms with Gasteiger partial charge in [-0.1, -0.05) is 109 Å². The van der Waals surface area contributed by atoms with Crippen LogP contribution in [0.3, 0.4) is 0 Å². The van der Waals surface area contributed by atoms with Crippen molar-refractivity contribution in [1.29, 1.82) is 0 Å². The third-order valence-corrected chi connectivity index (χ3v) is 12.3. The van der Waals surface area contributed by atoms with E-state index in [1.165, 1.54) is 25.6 Å². The van der Waals surface area contributed by atoms with Crippen molar-refractivity contribution in [2.45, 2.75) is 118 Å². The summed E-state index contributed by atoms with van der Waals surface area (Å²) in [5, 5.41) is 0. The summed E-state index contributed by atoms with van der Waals surface area (Å²) < 4.78 is 64.7. The summed E-state index contributed by atoms with van der Waals surface area (Å²) in [4.78, 5) is 66.3. The molecule has 0 aliphatic carbocycles. The van der Waals surface area contributed by atoms with Gasteiger partial charge in [-0.05, 0) is 38.1 Å². The van der Waals surface area contributed by atoms with Gasteiger partial charge in [0, 0.05) is 28.9 Å². The fourth-order valence-electron chi connectivity index (χ4n) is 7.93. The number of esters is 3. The molecule has 0 bridgehead atoms. The summed E-state index contributed by atoms with van der Waals surface area (Å²) >= 11 is 1.30. The van der Waals surface area contributed by atoms with Crippen LogP contribution in [0.2, 0.25) is 0 Å². The standard InChI is InChI=1S/C49H50O15S/c1-29(50)23-25-37(52)59-41-39-35(27-55-46(62-39)32-17-9-4-10-18-32)57-48(43(41)60-38(53)26-24-30(2)51)64-42-40-36(28-56-47(63-40)33-19-11-5-12-20-33)58-49(65-34-21-13-6-14-22-34)44(42)61-45(54)31-15-7-3-8-16-31/h3-22,35-36,39-44,46-49H,23-28H2,1-2H3/t35-,36-,39-,40-,41+,42+,43-,44-,46?,47?,48+,49+/m1/s1. The summed E-state index contributed by atoms with van der Waals surface area (Å²) in [5.74, 6) is -2.72. The number of thioether (sulfide) groups is 1. The first-order chi connectivity index (χ1) is 31.6. The molecule has 4 aliphatic heterocycles. The number of carbonyl (C=O) groups excluding carboxylic acids is 5. The fraction of sp³-hybridized carbons (Fsp3) is 0.408. The molecule has 4 fully saturated rings. The van der Waals surface area contributed by atoms with Gasteiger partial charge < -0.3 is 57.0 Å². The number of Topliss-reactive ketones (excluding diaryl/α,β-unsaturated/α-hetero) is 2. The van der Waals surface area contributed by atoms with E-state index in [-0.39, 0.29) is 56.0 Å². The Labute approximate surface area is 380 Å². The predicted molar refractivity (Wildman–Crippen MR) is 230 cm³/mol. The molecule has 0 amide bonds. The first-order valence-corrected chi connectivity index (χ1v) is 22.4. The summed E-state index contributed by atoms with van der Waals surface area (Å²) in [6, 6.07) is 36.2. The van der Waals surface area contributed by atoms with E-state index in [1.54, 1.807) is 30.3 Å². The van der Waals surface area contributed by atoms with Crippen LogP contribution in [-0.4, -0.2) is 103 Å². The maximum atomic E-state index is 14.1. The Balaban J connectivity index is 1.20. The molecular formula is C49H50O15S. The molecule has 4 aliphatic rings. The minimum Gasteiger partial charge on any atom is -0.455 e. The second kappa shape index (κ2) is 21.8. The Morgan fingerprint density at radius 1 is 0.523 bits per heavy atom. The zero-order chi connectivity index (χ0) is 45.3. The van der Waals surface area contributed by atoms with Crippen LogP contribution in [0.5, 0.6) is 0 Å². The lowest BCUT2D eigenvalue weighted by atomic mass is 9.95. The molecule has 2 unspecified atom stereocenters. The van der Waals surface area contributed by atoms with E-state index in [4.69, 9.17) is 47.4 Å². The summed E-state index contributed by atoms with van der Waals surface area (Å²) in [6.45, 7) is 2.69. The van der Waals surface area contributed by atoms with Crippen molar-refractivity contribution in [3.63, 3.8) is 0 Å². The van der Waals surface area contributed by atoms with Gasteiger partial charge in [-0.25, -0.2) is 4.79 Å². The summed E-state index contributed by atoms with van der Waals surface area (Å²) in [5.41, 5.74) is 0.726. The number of ether oxygens (including phenoxy) is 10. The number of benzene rings is 4. The first-order valence-electron chi connectivity index (χ1n) is 21.6. The molecular weight excluding hydrogens is 861 g/mol. The molecule has 342 valence electrons. The number of hydrogen-bond acceptors (Lipinski definition) is 16. The molecule has 12 atom stereocenters. The maximum absolute atomic E-state index is 14.1. The second-order valence-corrected chi connectivity index (χ2v) is 17.2. The van der Waals surface area contributed by atoms with Crippen molar-refractivity contribution in [3.05, 3.63) is 138 Å². The van der Waals surface area contributed by atoms with Gasteiger partial charge in [0.1, 0.15) is 47.5 Å². The molecule has 4 heterocycles. The zero-order valence-electron chi connectivity index (χ0n) is 35.7. The van der Waals surface area contributed by atoms with Crippen molar-refractivity contribution < 1.29 is 71.3 Å². The Morgan fingerprint density at radius 3 is 1.54 bits per heavy atom. The molecule has 15 nitrogen and oxygen atoms in total. The zero-order valence-corrected chi connectivity index (χ0v) is 36.6. The molecule has 0 spiro atoms. The molecule has 0 saturated carbocycles. The van der Waals surface area contributed by atoms with Crippen LogP contribution in [0, 0.1) is 0 Å². The largest absolute Gasteiger partial charge is 0.455 e. The number of rotatable bonds is 16. The van der Waals surface area contributed by atoms with Gasteiger partial charge in [-0.15, -0.1) is 0 Å². The number of carbonyl (C=O) groups is 5. The number of fused-ring (bicyclic) bond motifs is 2. The van der Waals surface area contributed by atoms with Gasteiger partial charge >= 0.3 is 17.9 Å². The van der Waals surface area contributed by atoms with Gasteiger partial charge in [0.15, 0.2) is 37.2 Å². The smallest absolute Gasteiger partial charge is 0.338 e. The van der Waals surface area contributed by atoms with Crippen molar-refractivity contribution in [2.75, 3.05) is 13.2 Å². The SMILES string of the molecule is CC(=O)CCC(=O)O[C@@H]1[C@@H](OC(=O)CCC(C)=O)[C@H](O[C@@H]2[C@@H](OC(=O)c3ccccc3)[C@H](Sc3ccccc3)O[C@@H]3COC(c4ccccc4)O[C@@H]23)O[C@@H]2COC(c3ccccc3)O[C@@H]12. The predicted octanol–water partition coefficient (Wildman–Crippen LogP) is 6.63. The molecule has 4 aromatic carbocycles. The monoisotopic (exact) mass is 910 g/mol. The van der Waals surface area contributed by atoms with E-state index in [0.717, 1.165) is 4.90 Å². The summed E-state index contributed by atoms with van der Waals surface area (Å²) in [6.07, 6.45) is -13.4. The average molecular weight is 911 g/mol. The Hall–Kier alpha value is -5.30. The van der Waals surface area contributed by atoms with E-state index in [1.807, 2.05) is 91.0 Å². The van der Waals surface area contributed by atoms with E-state index in [0.29, 0.717) is 11.1 Å². The highest BCUT2D eigenvalue weighted by Gasteiger charge is 2.59. The quantitative estimate of drug-likeness (QED) is 0.0864. The lowest BCUT2D eigenvalue weighted by molar-refractivity contribution is -0.388. The lowest BCUT2D eigenvalue weighted by Gasteiger charge is -2.52. The highest BCUT2D eigenvalue weighted by molar-refractivity contribution is 7.99. The Morgan fingerprint density at radius 2 is 1.00 bits per heavy atom. The third kappa shape index (κ3) is 11.8. The van der Waals surface area contributed by atoms with Gasteiger partial charge in [0.2, 0.25) is 0 Å². The lowest BCUT2D eigenvalue weighted by Crippen LogP contribution is -2.68. The highest BCUT2D eigenvalue weighted by Crippen LogP contribution is 2.44. The molecule has 0 radical (unpaired) electrons. The van der Waals surface area contributed by atoms with E-state index in [2.05, 4.69) is 0 Å². The van der Waals surface area contributed by atoms with Crippen LogP contribution in [0.15, 0.2) is 126 Å². The molecule has 16 heteroatoms. The van der Waals surface area contributed by atoms with Gasteiger partial charge in [-0.3, -0.25) is 9.59 Å².